The highest BCUT2D eigenvalue weighted by Crippen LogP contribution is 2.27. The number of aryl methyl sites for hydroxylation is 1. The Morgan fingerprint density at radius 2 is 1.89 bits per heavy atom. The fourth-order valence-corrected chi connectivity index (χ4v) is 2.84. The van der Waals surface area contributed by atoms with Crippen molar-refractivity contribution in [3.8, 4) is 22.8 Å². The van der Waals surface area contributed by atoms with E-state index in [0.717, 1.165) is 11.1 Å². The topological polar surface area (TPSA) is 76.2 Å². The predicted octanol–water partition coefficient (Wildman–Crippen LogP) is 3.51. The molecule has 7 heteroatoms. The number of rotatable bonds is 7. The Hall–Kier alpha value is -3.35. The summed E-state index contributed by atoms with van der Waals surface area (Å²) in [6.45, 7) is 2.14. The molecule has 1 aromatic heterocycles. The molecular formula is C21H22FN3O3. The van der Waals surface area contributed by atoms with E-state index in [4.69, 9.17) is 9.47 Å². The molecule has 0 aliphatic carbocycles. The summed E-state index contributed by atoms with van der Waals surface area (Å²) >= 11 is 0. The van der Waals surface area contributed by atoms with Gasteiger partial charge in [0.1, 0.15) is 11.5 Å². The number of nitrogens with one attached hydrogen (secondary N) is 2. The minimum absolute atomic E-state index is 0.252. The van der Waals surface area contributed by atoms with Gasteiger partial charge in [0.05, 0.1) is 19.9 Å². The van der Waals surface area contributed by atoms with E-state index in [1.165, 1.54) is 6.07 Å². The Labute approximate surface area is 162 Å². The number of aromatic amines is 1. The Morgan fingerprint density at radius 3 is 2.61 bits per heavy atom. The van der Waals surface area contributed by atoms with E-state index in [-0.39, 0.29) is 11.7 Å². The van der Waals surface area contributed by atoms with Crippen molar-refractivity contribution in [2.75, 3.05) is 20.8 Å². The zero-order valence-electron chi connectivity index (χ0n) is 16.0. The van der Waals surface area contributed by atoms with Crippen molar-refractivity contribution in [1.82, 2.24) is 15.5 Å². The number of aromatic nitrogens is 2. The third kappa shape index (κ3) is 4.31. The Bertz CT molecular complexity index is 985. The van der Waals surface area contributed by atoms with E-state index < -0.39 is 0 Å². The second kappa shape index (κ2) is 8.56. The molecule has 2 aromatic carbocycles. The molecule has 0 fully saturated rings. The lowest BCUT2D eigenvalue weighted by Crippen LogP contribution is -2.26. The average molecular weight is 383 g/mol. The summed E-state index contributed by atoms with van der Waals surface area (Å²) < 4.78 is 23.9. The molecule has 1 heterocycles. The van der Waals surface area contributed by atoms with Gasteiger partial charge in [-0.2, -0.15) is 5.10 Å². The van der Waals surface area contributed by atoms with Crippen LogP contribution in [0.4, 0.5) is 4.39 Å². The van der Waals surface area contributed by atoms with Gasteiger partial charge in [0, 0.05) is 12.1 Å². The van der Waals surface area contributed by atoms with Crippen LogP contribution in [0.15, 0.2) is 42.5 Å². The first-order chi connectivity index (χ1) is 13.5. The zero-order valence-corrected chi connectivity index (χ0v) is 16.0. The molecule has 0 bridgehead atoms. The first-order valence-electron chi connectivity index (χ1n) is 8.83. The van der Waals surface area contributed by atoms with Crippen molar-refractivity contribution in [3.63, 3.8) is 0 Å². The first kappa shape index (κ1) is 19.4. The van der Waals surface area contributed by atoms with Crippen LogP contribution >= 0.6 is 0 Å². The number of ether oxygens (including phenoxy) is 2. The number of halogens is 1. The number of benzene rings is 2. The molecule has 0 atom stereocenters. The smallest absolute Gasteiger partial charge is 0.269 e. The molecule has 3 rings (SSSR count). The van der Waals surface area contributed by atoms with Gasteiger partial charge < -0.3 is 14.8 Å². The number of carbonyl (C=O) groups is 1. The Morgan fingerprint density at radius 1 is 1.11 bits per heavy atom. The van der Waals surface area contributed by atoms with E-state index in [1.54, 1.807) is 39.3 Å². The molecule has 0 unspecified atom stereocenters. The van der Waals surface area contributed by atoms with Gasteiger partial charge in [0.2, 0.25) is 0 Å². The Kier molecular flexibility index (Phi) is 5.93. The number of H-pyrrole nitrogens is 1. The summed E-state index contributed by atoms with van der Waals surface area (Å²) in [6, 6.07) is 12.0. The van der Waals surface area contributed by atoms with Gasteiger partial charge in [0.15, 0.2) is 11.5 Å². The van der Waals surface area contributed by atoms with E-state index in [1.807, 2.05) is 18.2 Å². The van der Waals surface area contributed by atoms with Crippen LogP contribution in [0.3, 0.4) is 0 Å². The fraction of sp³-hybridized carbons (Fsp3) is 0.238. The van der Waals surface area contributed by atoms with Crippen molar-refractivity contribution in [2.24, 2.45) is 0 Å². The predicted molar refractivity (Wildman–Crippen MR) is 104 cm³/mol. The molecule has 2 N–H and O–H groups in total. The summed E-state index contributed by atoms with van der Waals surface area (Å²) in [5, 5.41) is 9.73. The second-order valence-corrected chi connectivity index (χ2v) is 6.33. The molecule has 6 nitrogen and oxygen atoms in total. The van der Waals surface area contributed by atoms with Crippen LogP contribution in [-0.4, -0.2) is 36.9 Å². The van der Waals surface area contributed by atoms with Gasteiger partial charge in [-0.25, -0.2) is 4.39 Å². The molecule has 0 aliphatic heterocycles. The van der Waals surface area contributed by atoms with Crippen molar-refractivity contribution in [3.05, 3.63) is 65.1 Å². The molecule has 0 spiro atoms. The monoisotopic (exact) mass is 383 g/mol. The van der Waals surface area contributed by atoms with Gasteiger partial charge in [-0.05, 0) is 60.9 Å². The molecule has 28 heavy (non-hydrogen) atoms. The lowest BCUT2D eigenvalue weighted by molar-refractivity contribution is 0.0949. The number of hydrogen-bond acceptors (Lipinski definition) is 4. The zero-order chi connectivity index (χ0) is 20.1. The molecule has 3 aromatic rings. The average Bonchev–Trinajstić information content (AvgIpc) is 3.20. The number of hydrogen-bond donors (Lipinski definition) is 2. The van der Waals surface area contributed by atoms with E-state index in [2.05, 4.69) is 15.5 Å². The molecule has 0 saturated carbocycles. The SMILES string of the molecule is COc1ccc(CCNC(=O)c2cc(-c3ccc(F)c(C)c3)n[nH]2)cc1OC. The van der Waals surface area contributed by atoms with E-state index in [0.29, 0.717) is 41.4 Å². The molecule has 0 aliphatic rings. The highest BCUT2D eigenvalue weighted by atomic mass is 19.1. The standard InChI is InChI=1S/C21H22FN3O3/c1-13-10-15(5-6-16(13)22)17-12-18(25-24-17)21(26)23-9-8-14-4-7-19(27-2)20(11-14)28-3/h4-7,10-12H,8-9H2,1-3H3,(H,23,26)(H,24,25). The van der Waals surface area contributed by atoms with Gasteiger partial charge in [-0.3, -0.25) is 9.89 Å². The maximum atomic E-state index is 13.4. The van der Waals surface area contributed by atoms with E-state index in [9.17, 15) is 9.18 Å². The second-order valence-electron chi connectivity index (χ2n) is 6.33. The molecular weight excluding hydrogens is 361 g/mol. The van der Waals surface area contributed by atoms with Crippen LogP contribution in [0.2, 0.25) is 0 Å². The van der Waals surface area contributed by atoms with Crippen LogP contribution in [0.25, 0.3) is 11.3 Å². The van der Waals surface area contributed by atoms with Crippen LogP contribution in [-0.2, 0) is 6.42 Å². The molecule has 0 saturated heterocycles. The normalized spacial score (nSPS) is 10.6. The van der Waals surface area contributed by atoms with Gasteiger partial charge in [-0.1, -0.05) is 6.07 Å². The maximum Gasteiger partial charge on any atom is 0.269 e. The molecule has 0 radical (unpaired) electrons. The fourth-order valence-electron chi connectivity index (χ4n) is 2.84. The summed E-state index contributed by atoms with van der Waals surface area (Å²) in [4.78, 5) is 12.3. The van der Waals surface area contributed by atoms with Crippen LogP contribution in [0.5, 0.6) is 11.5 Å². The number of amides is 1. The third-order valence-corrected chi connectivity index (χ3v) is 4.42. The Balaban J connectivity index is 1.60. The number of methoxy groups -OCH3 is 2. The summed E-state index contributed by atoms with van der Waals surface area (Å²) in [6.07, 6.45) is 0.643. The molecule has 146 valence electrons. The lowest BCUT2D eigenvalue weighted by Gasteiger charge is -2.09. The lowest BCUT2D eigenvalue weighted by atomic mass is 10.1. The van der Waals surface area contributed by atoms with Gasteiger partial charge in [-0.15, -0.1) is 0 Å². The van der Waals surface area contributed by atoms with Gasteiger partial charge >= 0.3 is 0 Å². The summed E-state index contributed by atoms with van der Waals surface area (Å²) in [5.74, 6) is 0.793. The summed E-state index contributed by atoms with van der Waals surface area (Å²) in [7, 11) is 3.17. The van der Waals surface area contributed by atoms with Gasteiger partial charge in [0.25, 0.3) is 5.91 Å². The van der Waals surface area contributed by atoms with Crippen molar-refractivity contribution in [1.29, 1.82) is 0 Å². The highest BCUT2D eigenvalue weighted by Gasteiger charge is 2.12. The quantitative estimate of drug-likeness (QED) is 0.655. The largest absolute Gasteiger partial charge is 0.493 e. The minimum Gasteiger partial charge on any atom is -0.493 e. The van der Waals surface area contributed by atoms with Crippen molar-refractivity contribution < 1.29 is 18.7 Å². The minimum atomic E-state index is -0.271. The van der Waals surface area contributed by atoms with Crippen molar-refractivity contribution in [2.45, 2.75) is 13.3 Å². The van der Waals surface area contributed by atoms with Crippen molar-refractivity contribution >= 4 is 5.91 Å². The third-order valence-electron chi connectivity index (χ3n) is 4.42. The molecule has 1 amide bonds. The summed E-state index contributed by atoms with van der Waals surface area (Å²) in [5.41, 5.74) is 3.24. The maximum absolute atomic E-state index is 13.4. The van der Waals surface area contributed by atoms with Crippen LogP contribution in [0, 0.1) is 12.7 Å². The number of carbonyl (C=O) groups excluding carboxylic acids is 1. The van der Waals surface area contributed by atoms with Crippen LogP contribution in [0.1, 0.15) is 21.6 Å². The number of nitrogens with zero attached hydrogens (tertiary/aromatic N) is 1. The van der Waals surface area contributed by atoms with E-state index >= 15 is 0 Å². The highest BCUT2D eigenvalue weighted by molar-refractivity contribution is 5.93. The first-order valence-corrected chi connectivity index (χ1v) is 8.83. The van der Waals surface area contributed by atoms with Crippen LogP contribution < -0.4 is 14.8 Å².